The molecule has 4 aromatic rings. The number of rotatable bonds is 18. The molecule has 2 aromatic carbocycles. The maximum absolute atomic E-state index is 12.5. The van der Waals surface area contributed by atoms with Gasteiger partial charge in [-0.15, -0.1) is 5.10 Å². The zero-order chi connectivity index (χ0) is 28.5. The fourth-order valence-corrected chi connectivity index (χ4v) is 4.64. The second-order valence-corrected chi connectivity index (χ2v) is 10.4. The molecule has 8 heteroatoms. The van der Waals surface area contributed by atoms with E-state index >= 15 is 0 Å². The van der Waals surface area contributed by atoms with Gasteiger partial charge in [0.15, 0.2) is 0 Å². The Morgan fingerprint density at radius 1 is 0.951 bits per heavy atom. The summed E-state index contributed by atoms with van der Waals surface area (Å²) >= 11 is 0. The molecular formula is C33H43N7O. The average Bonchev–Trinajstić information content (AvgIpc) is 3.65. The molecule has 0 saturated heterocycles. The van der Waals surface area contributed by atoms with Gasteiger partial charge in [-0.3, -0.25) is 9.48 Å². The minimum Gasteiger partial charge on any atom is -0.352 e. The molecule has 2 aromatic heterocycles. The highest BCUT2D eigenvalue weighted by Crippen LogP contribution is 2.11. The zero-order valence-electron chi connectivity index (χ0n) is 24.2. The summed E-state index contributed by atoms with van der Waals surface area (Å²) in [6.45, 7) is 4.05. The van der Waals surface area contributed by atoms with Crippen molar-refractivity contribution in [2.24, 2.45) is 0 Å². The molecule has 8 nitrogen and oxygen atoms in total. The normalized spacial score (nSPS) is 11.2. The highest BCUT2D eigenvalue weighted by molar-refractivity contribution is 5.94. The standard InChI is InChI=1S/C33H43N7O/c1-2-3-6-12-28-18-20-29(21-19-28)32(41)34-23-24-40-26-31(38-39-40)17-10-5-9-16-30-25-36-33(37-30)35-22-11-15-27-13-7-4-8-14-27/h4,7-8,11,13-15,18-21,25-26H,2-3,5-6,9-10,12,16-17,22-24H2,1H3,(H,34,41)(H2,35,36,37)/b15-11+. The van der Waals surface area contributed by atoms with Crippen molar-refractivity contribution in [1.82, 2.24) is 30.3 Å². The summed E-state index contributed by atoms with van der Waals surface area (Å²) in [5.41, 5.74) is 5.32. The van der Waals surface area contributed by atoms with E-state index in [0.29, 0.717) is 18.7 Å². The summed E-state index contributed by atoms with van der Waals surface area (Å²) in [6.07, 6.45) is 18.0. The van der Waals surface area contributed by atoms with Crippen LogP contribution in [0.3, 0.4) is 0 Å². The predicted molar refractivity (Wildman–Crippen MR) is 166 cm³/mol. The number of nitrogens with zero attached hydrogens (tertiary/aromatic N) is 4. The highest BCUT2D eigenvalue weighted by Gasteiger charge is 2.07. The average molecular weight is 554 g/mol. The minimum atomic E-state index is -0.0505. The topological polar surface area (TPSA) is 101 Å². The molecule has 0 unspecified atom stereocenters. The Labute approximate surface area is 243 Å². The van der Waals surface area contributed by atoms with Gasteiger partial charge in [0.05, 0.1) is 18.4 Å². The fourth-order valence-electron chi connectivity index (χ4n) is 4.64. The molecule has 3 N–H and O–H groups in total. The number of benzene rings is 2. The van der Waals surface area contributed by atoms with Gasteiger partial charge in [-0.2, -0.15) is 0 Å². The maximum atomic E-state index is 12.5. The van der Waals surface area contributed by atoms with Gasteiger partial charge in [0, 0.05) is 30.5 Å². The van der Waals surface area contributed by atoms with Crippen LogP contribution in [0.25, 0.3) is 6.08 Å². The Kier molecular flexibility index (Phi) is 12.2. The first-order valence-corrected chi connectivity index (χ1v) is 14.9. The van der Waals surface area contributed by atoms with Gasteiger partial charge >= 0.3 is 0 Å². The summed E-state index contributed by atoms with van der Waals surface area (Å²) in [5, 5.41) is 14.8. The van der Waals surface area contributed by atoms with Crippen LogP contribution in [0.2, 0.25) is 0 Å². The predicted octanol–water partition coefficient (Wildman–Crippen LogP) is 6.24. The molecule has 0 radical (unpaired) electrons. The van der Waals surface area contributed by atoms with E-state index in [1.54, 1.807) is 4.68 Å². The molecular weight excluding hydrogens is 510 g/mol. The van der Waals surface area contributed by atoms with E-state index in [0.717, 1.165) is 62.4 Å². The molecule has 0 aliphatic heterocycles. The number of amides is 1. The van der Waals surface area contributed by atoms with Gasteiger partial charge in [-0.05, 0) is 61.8 Å². The monoisotopic (exact) mass is 553 g/mol. The van der Waals surface area contributed by atoms with Crippen molar-refractivity contribution >= 4 is 17.9 Å². The van der Waals surface area contributed by atoms with Crippen LogP contribution in [0.5, 0.6) is 0 Å². The van der Waals surface area contributed by atoms with Crippen molar-refractivity contribution in [1.29, 1.82) is 0 Å². The molecule has 0 atom stereocenters. The lowest BCUT2D eigenvalue weighted by Crippen LogP contribution is -2.27. The number of carbonyl (C=O) groups excluding carboxylic acids is 1. The van der Waals surface area contributed by atoms with Crippen LogP contribution in [-0.4, -0.2) is 44.0 Å². The summed E-state index contributed by atoms with van der Waals surface area (Å²) in [4.78, 5) is 20.2. The van der Waals surface area contributed by atoms with Crippen LogP contribution in [0, 0.1) is 0 Å². The Morgan fingerprint density at radius 3 is 2.59 bits per heavy atom. The van der Waals surface area contributed by atoms with Crippen LogP contribution in [0.1, 0.15) is 78.3 Å². The first-order valence-electron chi connectivity index (χ1n) is 14.9. The van der Waals surface area contributed by atoms with E-state index in [-0.39, 0.29) is 5.91 Å². The molecule has 1 amide bonds. The van der Waals surface area contributed by atoms with E-state index in [2.05, 4.69) is 74.3 Å². The van der Waals surface area contributed by atoms with E-state index in [4.69, 9.17) is 0 Å². The second-order valence-electron chi connectivity index (χ2n) is 10.4. The number of unbranched alkanes of at least 4 members (excludes halogenated alkanes) is 4. The third-order valence-electron chi connectivity index (χ3n) is 7.00. The number of nitrogens with one attached hydrogen (secondary N) is 3. The SMILES string of the molecule is CCCCCc1ccc(C(=O)NCCn2cc(CCCCCc3cnc(NC/C=C/c4ccccc4)[nH]3)nn2)cc1. The lowest BCUT2D eigenvalue weighted by atomic mass is 10.1. The molecule has 0 saturated carbocycles. The molecule has 0 aliphatic rings. The lowest BCUT2D eigenvalue weighted by Gasteiger charge is -2.06. The van der Waals surface area contributed by atoms with Crippen molar-refractivity contribution < 1.29 is 4.79 Å². The Hall–Kier alpha value is -4.20. The van der Waals surface area contributed by atoms with Gasteiger partial charge in [-0.1, -0.05) is 86.0 Å². The number of carbonyl (C=O) groups is 1. The number of anilines is 1. The number of aryl methyl sites for hydroxylation is 3. The first kappa shape index (κ1) is 29.8. The number of hydrogen-bond donors (Lipinski definition) is 3. The van der Waals surface area contributed by atoms with Crippen LogP contribution in [0.15, 0.2) is 73.1 Å². The van der Waals surface area contributed by atoms with Gasteiger partial charge in [0.1, 0.15) is 0 Å². The molecule has 2 heterocycles. The van der Waals surface area contributed by atoms with E-state index < -0.39 is 0 Å². The van der Waals surface area contributed by atoms with Crippen LogP contribution >= 0.6 is 0 Å². The number of aromatic amines is 1. The minimum absolute atomic E-state index is 0.0505. The molecule has 0 spiro atoms. The largest absolute Gasteiger partial charge is 0.352 e. The van der Waals surface area contributed by atoms with E-state index in [1.807, 2.05) is 42.7 Å². The van der Waals surface area contributed by atoms with Crippen molar-refractivity contribution in [3.05, 3.63) is 101 Å². The molecule has 0 aliphatic carbocycles. The zero-order valence-corrected chi connectivity index (χ0v) is 24.2. The second kappa shape index (κ2) is 16.8. The Morgan fingerprint density at radius 2 is 1.76 bits per heavy atom. The number of H-pyrrole nitrogens is 1. The summed E-state index contributed by atoms with van der Waals surface area (Å²) in [6, 6.07) is 18.2. The van der Waals surface area contributed by atoms with Crippen molar-refractivity contribution in [2.45, 2.75) is 71.3 Å². The third kappa shape index (κ3) is 10.7. The van der Waals surface area contributed by atoms with Crippen LogP contribution < -0.4 is 10.6 Å². The highest BCUT2D eigenvalue weighted by atomic mass is 16.1. The molecule has 0 fully saturated rings. The summed E-state index contributed by atoms with van der Waals surface area (Å²) in [5.74, 6) is 0.756. The van der Waals surface area contributed by atoms with Gasteiger partial charge in [-0.25, -0.2) is 4.98 Å². The number of hydrogen-bond acceptors (Lipinski definition) is 5. The van der Waals surface area contributed by atoms with Crippen molar-refractivity contribution in [3.8, 4) is 0 Å². The van der Waals surface area contributed by atoms with Crippen LogP contribution in [-0.2, 0) is 25.8 Å². The van der Waals surface area contributed by atoms with Gasteiger partial charge in [0.2, 0.25) is 5.95 Å². The number of aromatic nitrogens is 5. The lowest BCUT2D eigenvalue weighted by molar-refractivity contribution is 0.0952. The quantitative estimate of drug-likeness (QED) is 0.127. The summed E-state index contributed by atoms with van der Waals surface area (Å²) < 4.78 is 1.81. The Bertz CT molecular complexity index is 1330. The van der Waals surface area contributed by atoms with Crippen molar-refractivity contribution in [3.63, 3.8) is 0 Å². The Balaban J connectivity index is 1.05. The van der Waals surface area contributed by atoms with Crippen LogP contribution in [0.4, 0.5) is 5.95 Å². The third-order valence-corrected chi connectivity index (χ3v) is 7.00. The van der Waals surface area contributed by atoms with Gasteiger partial charge < -0.3 is 15.6 Å². The van der Waals surface area contributed by atoms with E-state index in [1.165, 1.54) is 30.4 Å². The first-order chi connectivity index (χ1) is 20.2. The smallest absolute Gasteiger partial charge is 0.251 e. The number of imidazole rings is 1. The maximum Gasteiger partial charge on any atom is 0.251 e. The van der Waals surface area contributed by atoms with E-state index in [9.17, 15) is 4.79 Å². The van der Waals surface area contributed by atoms with Gasteiger partial charge in [0.25, 0.3) is 5.91 Å². The molecule has 41 heavy (non-hydrogen) atoms. The molecule has 4 rings (SSSR count). The van der Waals surface area contributed by atoms with Crippen molar-refractivity contribution in [2.75, 3.05) is 18.4 Å². The molecule has 0 bridgehead atoms. The fraction of sp³-hybridized carbons (Fsp3) is 0.394. The molecule has 216 valence electrons. The summed E-state index contributed by atoms with van der Waals surface area (Å²) in [7, 11) is 0.